The van der Waals surface area contributed by atoms with E-state index in [4.69, 9.17) is 0 Å². The van der Waals surface area contributed by atoms with E-state index >= 15 is 0 Å². The number of aromatic nitrogens is 4. The second kappa shape index (κ2) is 9.76. The lowest BCUT2D eigenvalue weighted by atomic mass is 10.1. The molecule has 0 aliphatic carbocycles. The number of benzene rings is 3. The van der Waals surface area contributed by atoms with Crippen LogP contribution in [0.4, 0.5) is 0 Å². The molecule has 2 aromatic heterocycles. The summed E-state index contributed by atoms with van der Waals surface area (Å²) in [6, 6.07) is 26.0. The largest absolute Gasteiger partial charge is 0.361 e. The summed E-state index contributed by atoms with van der Waals surface area (Å²) in [4.78, 5) is 15.6. The normalized spacial score (nSPS) is 11.3. The molecule has 7 nitrogen and oxygen atoms in total. The summed E-state index contributed by atoms with van der Waals surface area (Å²) in [5.41, 5.74) is 7.60. The number of nitrogens with one attached hydrogen (secondary N) is 2. The Morgan fingerprint density at radius 1 is 1.03 bits per heavy atom. The van der Waals surface area contributed by atoms with Crippen LogP contribution in [-0.2, 0) is 4.79 Å². The Morgan fingerprint density at radius 2 is 1.79 bits per heavy atom. The molecular weight excluding hydrogens is 444 g/mol. The first-order valence-corrected chi connectivity index (χ1v) is 11.8. The Morgan fingerprint density at radius 3 is 2.62 bits per heavy atom. The van der Waals surface area contributed by atoms with Crippen molar-refractivity contribution in [2.75, 3.05) is 5.75 Å². The molecule has 0 aliphatic heterocycles. The highest BCUT2D eigenvalue weighted by molar-refractivity contribution is 7.99. The van der Waals surface area contributed by atoms with E-state index in [1.807, 2.05) is 96.6 Å². The Kier molecular flexibility index (Phi) is 6.22. The van der Waals surface area contributed by atoms with Gasteiger partial charge in [-0.3, -0.25) is 9.36 Å². The summed E-state index contributed by atoms with van der Waals surface area (Å²) in [6.45, 7) is 2.05. The summed E-state index contributed by atoms with van der Waals surface area (Å²) in [5, 5.41) is 14.6. The van der Waals surface area contributed by atoms with Gasteiger partial charge in [0.2, 0.25) is 0 Å². The minimum absolute atomic E-state index is 0.157. The molecule has 0 radical (unpaired) electrons. The Bertz CT molecular complexity index is 1450. The molecule has 3 aromatic carbocycles. The lowest BCUT2D eigenvalue weighted by Crippen LogP contribution is -2.20. The van der Waals surface area contributed by atoms with E-state index in [-0.39, 0.29) is 11.7 Å². The van der Waals surface area contributed by atoms with E-state index in [1.54, 1.807) is 6.21 Å². The number of aryl methyl sites for hydroxylation is 1. The molecule has 1 amide bonds. The van der Waals surface area contributed by atoms with Crippen LogP contribution in [0.5, 0.6) is 0 Å². The maximum Gasteiger partial charge on any atom is 0.250 e. The summed E-state index contributed by atoms with van der Waals surface area (Å²) < 4.78 is 1.97. The van der Waals surface area contributed by atoms with Crippen molar-refractivity contribution in [1.29, 1.82) is 0 Å². The summed E-state index contributed by atoms with van der Waals surface area (Å²) in [7, 11) is 0. The number of carbonyl (C=O) groups is 1. The van der Waals surface area contributed by atoms with E-state index in [1.165, 1.54) is 17.3 Å². The van der Waals surface area contributed by atoms with Crippen molar-refractivity contribution >= 4 is 34.8 Å². The van der Waals surface area contributed by atoms with Crippen molar-refractivity contribution in [3.63, 3.8) is 0 Å². The molecule has 0 spiro atoms. The second-order valence-electron chi connectivity index (χ2n) is 7.71. The first-order chi connectivity index (χ1) is 16.7. The summed E-state index contributed by atoms with van der Waals surface area (Å²) >= 11 is 1.32. The van der Waals surface area contributed by atoms with Crippen LogP contribution in [0.2, 0.25) is 0 Å². The number of aromatic amines is 1. The van der Waals surface area contributed by atoms with Gasteiger partial charge in [0.05, 0.1) is 12.0 Å². The number of carbonyl (C=O) groups excluding carboxylic acids is 1. The number of rotatable bonds is 7. The molecule has 2 heterocycles. The SMILES string of the molecule is Cc1ccc(-c2nnc(SCC(=O)N/N=C/c3c[nH]c4ccccc34)n2-c2ccccc2)cc1. The van der Waals surface area contributed by atoms with Crippen molar-refractivity contribution in [1.82, 2.24) is 25.2 Å². The highest BCUT2D eigenvalue weighted by Gasteiger charge is 2.17. The van der Waals surface area contributed by atoms with Gasteiger partial charge in [0, 0.05) is 33.9 Å². The summed E-state index contributed by atoms with van der Waals surface area (Å²) in [5.74, 6) is 0.663. The molecule has 5 aromatic rings. The van der Waals surface area contributed by atoms with Gasteiger partial charge >= 0.3 is 0 Å². The van der Waals surface area contributed by atoms with Crippen molar-refractivity contribution in [2.45, 2.75) is 12.1 Å². The molecule has 5 rings (SSSR count). The minimum Gasteiger partial charge on any atom is -0.361 e. The fourth-order valence-corrected chi connectivity index (χ4v) is 4.34. The smallest absolute Gasteiger partial charge is 0.250 e. The molecule has 2 N–H and O–H groups in total. The molecule has 8 heteroatoms. The molecular formula is C26H22N6OS. The third kappa shape index (κ3) is 4.62. The molecule has 0 aliphatic rings. The molecule has 0 unspecified atom stereocenters. The average Bonchev–Trinajstić information content (AvgIpc) is 3.48. The van der Waals surface area contributed by atoms with Crippen LogP contribution in [0.3, 0.4) is 0 Å². The number of amides is 1. The number of nitrogens with zero attached hydrogens (tertiary/aromatic N) is 4. The van der Waals surface area contributed by atoms with Gasteiger partial charge in [-0.2, -0.15) is 5.10 Å². The number of para-hydroxylation sites is 2. The second-order valence-corrected chi connectivity index (χ2v) is 8.66. The average molecular weight is 467 g/mol. The molecule has 0 atom stereocenters. The van der Waals surface area contributed by atoms with Crippen molar-refractivity contribution in [3.05, 3.63) is 96.2 Å². The monoisotopic (exact) mass is 466 g/mol. The maximum absolute atomic E-state index is 12.5. The lowest BCUT2D eigenvalue weighted by molar-refractivity contribution is -0.118. The quantitative estimate of drug-likeness (QED) is 0.201. The molecule has 0 bridgehead atoms. The molecule has 0 fully saturated rings. The third-order valence-electron chi connectivity index (χ3n) is 5.30. The van der Waals surface area contributed by atoms with Crippen LogP contribution >= 0.6 is 11.8 Å². The van der Waals surface area contributed by atoms with E-state index in [0.717, 1.165) is 33.5 Å². The minimum atomic E-state index is -0.222. The van der Waals surface area contributed by atoms with Crippen LogP contribution in [0.15, 0.2) is 95.3 Å². The van der Waals surface area contributed by atoms with Gasteiger partial charge in [0.1, 0.15) is 0 Å². The number of fused-ring (bicyclic) bond motifs is 1. The molecule has 34 heavy (non-hydrogen) atoms. The van der Waals surface area contributed by atoms with Gasteiger partial charge in [-0.05, 0) is 25.1 Å². The van der Waals surface area contributed by atoms with Crippen LogP contribution in [-0.4, -0.2) is 37.6 Å². The fourth-order valence-electron chi connectivity index (χ4n) is 3.60. The van der Waals surface area contributed by atoms with Crippen LogP contribution in [0.25, 0.3) is 28.0 Å². The number of hydrogen-bond donors (Lipinski definition) is 2. The van der Waals surface area contributed by atoms with Gasteiger partial charge < -0.3 is 4.98 Å². The van der Waals surface area contributed by atoms with Gasteiger partial charge in [0.25, 0.3) is 5.91 Å². The topological polar surface area (TPSA) is 88.0 Å². The first-order valence-electron chi connectivity index (χ1n) is 10.8. The zero-order valence-electron chi connectivity index (χ0n) is 18.5. The number of thioether (sulfide) groups is 1. The number of H-pyrrole nitrogens is 1. The Labute approximate surface area is 200 Å². The lowest BCUT2D eigenvalue weighted by Gasteiger charge is -2.10. The van der Waals surface area contributed by atoms with E-state index in [0.29, 0.717) is 5.16 Å². The zero-order chi connectivity index (χ0) is 23.3. The van der Waals surface area contributed by atoms with Crippen molar-refractivity contribution < 1.29 is 4.79 Å². The van der Waals surface area contributed by atoms with Crippen LogP contribution < -0.4 is 5.43 Å². The van der Waals surface area contributed by atoms with E-state index < -0.39 is 0 Å². The van der Waals surface area contributed by atoms with Gasteiger partial charge in [-0.1, -0.05) is 78.0 Å². The molecule has 0 saturated carbocycles. The number of hydrogen-bond acceptors (Lipinski definition) is 5. The van der Waals surface area contributed by atoms with E-state index in [9.17, 15) is 4.79 Å². The highest BCUT2D eigenvalue weighted by atomic mass is 32.2. The van der Waals surface area contributed by atoms with Crippen LogP contribution in [0, 0.1) is 6.92 Å². The maximum atomic E-state index is 12.5. The summed E-state index contributed by atoms with van der Waals surface area (Å²) in [6.07, 6.45) is 3.51. The number of hydrazone groups is 1. The first kappa shape index (κ1) is 21.7. The third-order valence-corrected chi connectivity index (χ3v) is 6.23. The van der Waals surface area contributed by atoms with E-state index in [2.05, 4.69) is 25.7 Å². The van der Waals surface area contributed by atoms with Gasteiger partial charge in [0.15, 0.2) is 11.0 Å². The zero-order valence-corrected chi connectivity index (χ0v) is 19.3. The standard InChI is InChI=1S/C26H22N6OS/c1-18-11-13-19(14-12-18)25-30-31-26(32(25)21-7-3-2-4-8-21)34-17-24(33)29-28-16-20-15-27-23-10-6-5-9-22(20)23/h2-16,27H,17H2,1H3,(H,29,33)/b28-16+. The van der Waals surface area contributed by atoms with Gasteiger partial charge in [-0.25, -0.2) is 5.43 Å². The van der Waals surface area contributed by atoms with Gasteiger partial charge in [-0.15, -0.1) is 10.2 Å². The Hall–Kier alpha value is -4.17. The molecule has 168 valence electrons. The predicted octanol–water partition coefficient (Wildman–Crippen LogP) is 4.97. The molecule has 0 saturated heterocycles. The Balaban J connectivity index is 1.31. The van der Waals surface area contributed by atoms with Crippen molar-refractivity contribution in [3.8, 4) is 17.1 Å². The highest BCUT2D eigenvalue weighted by Crippen LogP contribution is 2.28. The van der Waals surface area contributed by atoms with Crippen LogP contribution in [0.1, 0.15) is 11.1 Å². The van der Waals surface area contributed by atoms with Crippen molar-refractivity contribution in [2.24, 2.45) is 5.10 Å². The fraction of sp³-hybridized carbons (Fsp3) is 0.0769. The predicted molar refractivity (Wildman–Crippen MR) is 136 cm³/mol.